The van der Waals surface area contributed by atoms with E-state index in [9.17, 15) is 14.4 Å². The lowest BCUT2D eigenvalue weighted by molar-refractivity contribution is -0.151. The summed E-state index contributed by atoms with van der Waals surface area (Å²) < 4.78 is 16.1. The SMILES string of the molecule is O=C(COC(=O)C1CCCN1C(=O)c1cccs1)Nc1ccc2c(c1)OCCO2. The smallest absolute Gasteiger partial charge is 0.329 e. The summed E-state index contributed by atoms with van der Waals surface area (Å²) in [5.41, 5.74) is 0.519. The topological polar surface area (TPSA) is 94.2 Å². The van der Waals surface area contributed by atoms with Gasteiger partial charge in [0.1, 0.15) is 19.3 Å². The van der Waals surface area contributed by atoms with Crippen molar-refractivity contribution in [3.05, 3.63) is 40.6 Å². The summed E-state index contributed by atoms with van der Waals surface area (Å²) in [7, 11) is 0. The number of carbonyl (C=O) groups excluding carboxylic acids is 3. The number of nitrogens with one attached hydrogen (secondary N) is 1. The van der Waals surface area contributed by atoms with Crippen LogP contribution in [0.25, 0.3) is 0 Å². The molecule has 1 aromatic heterocycles. The van der Waals surface area contributed by atoms with Crippen LogP contribution >= 0.6 is 11.3 Å². The monoisotopic (exact) mass is 416 g/mol. The van der Waals surface area contributed by atoms with Gasteiger partial charge in [-0.25, -0.2) is 4.79 Å². The third-order valence-electron chi connectivity index (χ3n) is 4.69. The molecule has 2 aromatic rings. The molecule has 3 heterocycles. The molecule has 2 aliphatic heterocycles. The molecule has 2 amide bonds. The zero-order chi connectivity index (χ0) is 20.2. The van der Waals surface area contributed by atoms with Crippen LogP contribution in [0.4, 0.5) is 5.69 Å². The van der Waals surface area contributed by atoms with Gasteiger partial charge in [0, 0.05) is 18.3 Å². The number of benzene rings is 1. The lowest BCUT2D eigenvalue weighted by Crippen LogP contribution is -2.41. The number of thiophene rings is 1. The van der Waals surface area contributed by atoms with Crippen LogP contribution in [0, 0.1) is 0 Å². The summed E-state index contributed by atoms with van der Waals surface area (Å²) in [5, 5.41) is 4.48. The number of likely N-dealkylation sites (tertiary alicyclic amines) is 1. The van der Waals surface area contributed by atoms with Gasteiger partial charge in [0.25, 0.3) is 11.8 Å². The van der Waals surface area contributed by atoms with Crippen molar-refractivity contribution < 1.29 is 28.6 Å². The Balaban J connectivity index is 1.31. The van der Waals surface area contributed by atoms with E-state index in [1.54, 1.807) is 30.3 Å². The molecular weight excluding hydrogens is 396 g/mol. The molecule has 0 radical (unpaired) electrons. The minimum atomic E-state index is -0.660. The number of hydrogen-bond donors (Lipinski definition) is 1. The van der Waals surface area contributed by atoms with Crippen molar-refractivity contribution in [2.75, 3.05) is 31.7 Å². The lowest BCUT2D eigenvalue weighted by Gasteiger charge is -2.22. The molecule has 0 bridgehead atoms. The minimum Gasteiger partial charge on any atom is -0.486 e. The molecule has 4 rings (SSSR count). The Kier molecular flexibility index (Phi) is 5.66. The van der Waals surface area contributed by atoms with Gasteiger partial charge in [-0.15, -0.1) is 11.3 Å². The first-order valence-electron chi connectivity index (χ1n) is 9.32. The molecule has 1 fully saturated rings. The number of ether oxygens (including phenoxy) is 3. The van der Waals surface area contributed by atoms with Crippen molar-refractivity contribution in [2.24, 2.45) is 0 Å². The summed E-state index contributed by atoms with van der Waals surface area (Å²) in [5.74, 6) is -0.0359. The van der Waals surface area contributed by atoms with E-state index in [0.717, 1.165) is 6.42 Å². The molecule has 29 heavy (non-hydrogen) atoms. The molecule has 1 unspecified atom stereocenters. The molecule has 9 heteroatoms. The van der Waals surface area contributed by atoms with E-state index in [1.807, 2.05) is 5.38 Å². The lowest BCUT2D eigenvalue weighted by atomic mass is 10.2. The summed E-state index contributed by atoms with van der Waals surface area (Å²) in [6, 6.07) is 7.92. The Morgan fingerprint density at radius 2 is 2.00 bits per heavy atom. The third kappa shape index (κ3) is 4.34. The van der Waals surface area contributed by atoms with Crippen LogP contribution in [0.3, 0.4) is 0 Å². The highest BCUT2D eigenvalue weighted by Gasteiger charge is 2.36. The predicted octanol–water partition coefficient (Wildman–Crippen LogP) is 2.31. The van der Waals surface area contributed by atoms with E-state index in [2.05, 4.69) is 5.32 Å². The van der Waals surface area contributed by atoms with E-state index in [0.29, 0.717) is 48.2 Å². The fraction of sp³-hybridized carbons (Fsp3) is 0.350. The van der Waals surface area contributed by atoms with E-state index < -0.39 is 24.5 Å². The average molecular weight is 416 g/mol. The predicted molar refractivity (Wildman–Crippen MR) is 105 cm³/mol. The van der Waals surface area contributed by atoms with Gasteiger partial charge in [0.2, 0.25) is 0 Å². The summed E-state index contributed by atoms with van der Waals surface area (Å²) in [4.78, 5) is 39.3. The van der Waals surface area contributed by atoms with Crippen LogP contribution in [0.15, 0.2) is 35.7 Å². The highest BCUT2D eigenvalue weighted by molar-refractivity contribution is 7.12. The van der Waals surface area contributed by atoms with Crippen molar-refractivity contribution in [1.29, 1.82) is 0 Å². The van der Waals surface area contributed by atoms with Crippen molar-refractivity contribution in [3.63, 3.8) is 0 Å². The van der Waals surface area contributed by atoms with Crippen LogP contribution in [0.5, 0.6) is 11.5 Å². The van der Waals surface area contributed by atoms with Gasteiger partial charge in [0.05, 0.1) is 4.88 Å². The molecule has 0 spiro atoms. The molecular formula is C20H20N2O6S. The molecule has 8 nitrogen and oxygen atoms in total. The summed E-state index contributed by atoms with van der Waals surface area (Å²) >= 11 is 1.33. The summed E-state index contributed by atoms with van der Waals surface area (Å²) in [6.45, 7) is 1.01. The summed E-state index contributed by atoms with van der Waals surface area (Å²) in [6.07, 6.45) is 1.25. The molecule has 1 N–H and O–H groups in total. The first-order chi connectivity index (χ1) is 14.1. The van der Waals surface area contributed by atoms with Gasteiger partial charge < -0.3 is 24.4 Å². The Labute approximate surface area is 171 Å². The highest BCUT2D eigenvalue weighted by atomic mass is 32.1. The quantitative estimate of drug-likeness (QED) is 0.752. The van der Waals surface area contributed by atoms with Crippen LogP contribution in [0.2, 0.25) is 0 Å². The molecule has 1 aromatic carbocycles. The number of carbonyl (C=O) groups is 3. The van der Waals surface area contributed by atoms with E-state index in [4.69, 9.17) is 14.2 Å². The number of nitrogens with zero attached hydrogens (tertiary/aromatic N) is 1. The van der Waals surface area contributed by atoms with Crippen LogP contribution < -0.4 is 14.8 Å². The maximum absolute atomic E-state index is 12.5. The fourth-order valence-electron chi connectivity index (χ4n) is 3.35. The number of amides is 2. The zero-order valence-corrected chi connectivity index (χ0v) is 16.4. The molecule has 2 aliphatic rings. The van der Waals surface area contributed by atoms with Crippen LogP contribution in [0.1, 0.15) is 22.5 Å². The van der Waals surface area contributed by atoms with E-state index in [-0.39, 0.29) is 5.91 Å². The van der Waals surface area contributed by atoms with Crippen molar-refractivity contribution in [3.8, 4) is 11.5 Å². The largest absolute Gasteiger partial charge is 0.486 e. The van der Waals surface area contributed by atoms with Crippen molar-refractivity contribution in [1.82, 2.24) is 4.90 Å². The Hall–Kier alpha value is -3.07. The maximum Gasteiger partial charge on any atom is 0.329 e. The normalized spacial score (nSPS) is 17.7. The number of esters is 1. The number of fused-ring (bicyclic) bond motifs is 1. The van der Waals surface area contributed by atoms with Crippen molar-refractivity contribution in [2.45, 2.75) is 18.9 Å². The Bertz CT molecular complexity index is 914. The minimum absolute atomic E-state index is 0.180. The fourth-order valence-corrected chi connectivity index (χ4v) is 4.03. The number of hydrogen-bond acceptors (Lipinski definition) is 7. The average Bonchev–Trinajstić information content (AvgIpc) is 3.43. The van der Waals surface area contributed by atoms with Gasteiger partial charge in [0.15, 0.2) is 18.1 Å². The molecule has 152 valence electrons. The maximum atomic E-state index is 12.5. The highest BCUT2D eigenvalue weighted by Crippen LogP contribution is 2.32. The van der Waals surface area contributed by atoms with Gasteiger partial charge >= 0.3 is 5.97 Å². The number of anilines is 1. The second kappa shape index (κ2) is 8.52. The van der Waals surface area contributed by atoms with Gasteiger partial charge in [-0.05, 0) is 36.4 Å². The molecule has 0 saturated carbocycles. The Morgan fingerprint density at radius 1 is 1.17 bits per heavy atom. The van der Waals surface area contributed by atoms with Gasteiger partial charge in [-0.3, -0.25) is 9.59 Å². The first-order valence-corrected chi connectivity index (χ1v) is 10.2. The molecule has 0 aliphatic carbocycles. The van der Waals surface area contributed by atoms with Crippen molar-refractivity contribution >= 4 is 34.8 Å². The molecule has 1 atom stereocenters. The van der Waals surface area contributed by atoms with Gasteiger partial charge in [-0.2, -0.15) is 0 Å². The zero-order valence-electron chi connectivity index (χ0n) is 15.6. The number of rotatable bonds is 5. The Morgan fingerprint density at radius 3 is 2.79 bits per heavy atom. The second-order valence-corrected chi connectivity index (χ2v) is 7.60. The van der Waals surface area contributed by atoms with Crippen LogP contribution in [-0.4, -0.2) is 55.1 Å². The van der Waals surface area contributed by atoms with E-state index >= 15 is 0 Å². The first kappa shape index (κ1) is 19.3. The standard InChI is InChI=1S/C20H20N2O6S/c23-18(21-13-5-6-15-16(11-13)27-9-8-26-15)12-28-20(25)14-3-1-7-22(14)19(24)17-4-2-10-29-17/h2,4-6,10-11,14H,1,3,7-9,12H2,(H,21,23). The molecule has 1 saturated heterocycles. The van der Waals surface area contributed by atoms with E-state index in [1.165, 1.54) is 16.2 Å². The second-order valence-electron chi connectivity index (χ2n) is 6.65. The third-order valence-corrected chi connectivity index (χ3v) is 5.55. The van der Waals surface area contributed by atoms with Crippen LogP contribution in [-0.2, 0) is 14.3 Å². The van der Waals surface area contributed by atoms with Gasteiger partial charge in [-0.1, -0.05) is 6.07 Å².